The van der Waals surface area contributed by atoms with Crippen LogP contribution in [0.4, 0.5) is 0 Å². The highest BCUT2D eigenvalue weighted by Crippen LogP contribution is 2.81. The van der Waals surface area contributed by atoms with Gasteiger partial charge >= 0.3 is 0 Å². The van der Waals surface area contributed by atoms with E-state index >= 15 is 0 Å². The van der Waals surface area contributed by atoms with Crippen LogP contribution in [0.3, 0.4) is 0 Å². The van der Waals surface area contributed by atoms with Crippen molar-refractivity contribution in [1.29, 1.82) is 0 Å². The first-order valence-electron chi connectivity index (χ1n) is 13.9. The summed E-state index contributed by atoms with van der Waals surface area (Å²) in [5.74, 6) is 0. The monoisotopic (exact) mass is 632 g/mol. The molecule has 0 unspecified atom stereocenters. The molecular weight excluding hydrogens is 601 g/mol. The third kappa shape index (κ3) is 7.44. The molecule has 0 bridgehead atoms. The van der Waals surface area contributed by atoms with Crippen molar-refractivity contribution < 1.29 is 0 Å². The van der Waals surface area contributed by atoms with Crippen molar-refractivity contribution in [2.45, 2.75) is 14.9 Å². The molecule has 0 spiro atoms. The van der Waals surface area contributed by atoms with Gasteiger partial charge in [-0.3, -0.25) is 0 Å². The van der Waals surface area contributed by atoms with Gasteiger partial charge in [-0.05, 0) is 61.3 Å². The van der Waals surface area contributed by atoms with Gasteiger partial charge in [-0.25, -0.2) is 0 Å². The Balaban J connectivity index is 1.61. The Hall–Kier alpha value is -2.69. The van der Waals surface area contributed by atoms with Crippen molar-refractivity contribution in [2.75, 3.05) is 0 Å². The van der Waals surface area contributed by atoms with Crippen LogP contribution in [0, 0.1) is 0 Å². The standard InChI is InChI=1S/C37H31P3S2/c1-7-19-31(20-8-1)38(32-21-9-2-10-22-32)37(39(33-23-11-3-12-24-33)34-25-13-4-14-26-34)40(41-35-27-15-5-16-28-35)42-36-29-17-6-18-30-36/h1-30,37H. The number of rotatable bonds is 11. The van der Waals surface area contributed by atoms with Crippen LogP contribution in [-0.2, 0) is 0 Å². The van der Waals surface area contributed by atoms with Gasteiger partial charge in [0, 0.05) is 16.1 Å². The largest absolute Gasteiger partial charge is 0.0857 e. The molecule has 6 aromatic carbocycles. The van der Waals surface area contributed by atoms with Crippen LogP contribution >= 0.6 is 44.9 Å². The Morgan fingerprint density at radius 2 is 0.548 bits per heavy atom. The van der Waals surface area contributed by atoms with Gasteiger partial charge in [0.05, 0.1) is 5.14 Å². The van der Waals surface area contributed by atoms with E-state index in [0.29, 0.717) is 5.14 Å². The van der Waals surface area contributed by atoms with Crippen molar-refractivity contribution >= 4 is 66.2 Å². The molecule has 0 aliphatic heterocycles. The molecule has 0 heterocycles. The van der Waals surface area contributed by atoms with E-state index in [1.807, 2.05) is 0 Å². The Labute approximate surface area is 261 Å². The summed E-state index contributed by atoms with van der Waals surface area (Å²) in [5, 5.41) is 6.17. The molecule has 0 aliphatic rings. The molecule has 206 valence electrons. The zero-order chi connectivity index (χ0) is 28.4. The van der Waals surface area contributed by atoms with E-state index in [-0.39, 0.29) is 0 Å². The summed E-state index contributed by atoms with van der Waals surface area (Å²) in [6, 6.07) is 67.3. The van der Waals surface area contributed by atoms with Crippen molar-refractivity contribution in [3.63, 3.8) is 0 Å². The highest BCUT2D eigenvalue weighted by atomic mass is 33.1. The average Bonchev–Trinajstić information content (AvgIpc) is 3.07. The van der Waals surface area contributed by atoms with Crippen LogP contribution in [0.2, 0.25) is 0 Å². The van der Waals surface area contributed by atoms with Crippen LogP contribution in [0.1, 0.15) is 0 Å². The fraction of sp³-hybridized carbons (Fsp3) is 0.0270. The maximum Gasteiger partial charge on any atom is 0.0546 e. The van der Waals surface area contributed by atoms with E-state index in [9.17, 15) is 0 Å². The first-order chi connectivity index (χ1) is 20.9. The Kier molecular flexibility index (Phi) is 10.6. The van der Waals surface area contributed by atoms with Crippen LogP contribution < -0.4 is 21.2 Å². The van der Waals surface area contributed by atoms with E-state index in [1.54, 1.807) is 0 Å². The molecule has 5 heteroatoms. The molecule has 0 aliphatic carbocycles. The van der Waals surface area contributed by atoms with Crippen molar-refractivity contribution in [1.82, 2.24) is 0 Å². The zero-order valence-electron chi connectivity index (χ0n) is 23.1. The lowest BCUT2D eigenvalue weighted by Gasteiger charge is -2.40. The molecule has 42 heavy (non-hydrogen) atoms. The summed E-state index contributed by atoms with van der Waals surface area (Å²) in [4.78, 5) is 2.67. The minimum atomic E-state index is -0.717. The van der Waals surface area contributed by atoms with Crippen LogP contribution in [-0.4, -0.2) is 5.14 Å². The SMILES string of the molecule is c1ccc(SP(Sc2ccccc2)C(P(c2ccccc2)c2ccccc2)P(c2ccccc2)c2ccccc2)cc1. The summed E-state index contributed by atoms with van der Waals surface area (Å²) in [7, 11) is -1.43. The van der Waals surface area contributed by atoms with Crippen LogP contribution in [0.5, 0.6) is 0 Å². The lowest BCUT2D eigenvalue weighted by molar-refractivity contribution is 1.47. The third-order valence-electron chi connectivity index (χ3n) is 6.67. The number of hydrogen-bond acceptors (Lipinski definition) is 2. The molecule has 6 aromatic rings. The second-order valence-electron chi connectivity index (χ2n) is 9.52. The smallest absolute Gasteiger partial charge is 0.0546 e. The second kappa shape index (κ2) is 15.2. The van der Waals surface area contributed by atoms with E-state index in [4.69, 9.17) is 0 Å². The topological polar surface area (TPSA) is 0 Å². The fourth-order valence-corrected chi connectivity index (χ4v) is 24.9. The minimum absolute atomic E-state index is 0.398. The highest BCUT2D eigenvalue weighted by Gasteiger charge is 2.40. The van der Waals surface area contributed by atoms with Crippen molar-refractivity contribution in [3.8, 4) is 0 Å². The van der Waals surface area contributed by atoms with Crippen LogP contribution in [0.15, 0.2) is 192 Å². The molecule has 0 nitrogen and oxygen atoms in total. The van der Waals surface area contributed by atoms with Gasteiger partial charge in [0.1, 0.15) is 0 Å². The minimum Gasteiger partial charge on any atom is -0.0857 e. The van der Waals surface area contributed by atoms with Gasteiger partial charge in [0.25, 0.3) is 0 Å². The maximum absolute atomic E-state index is 2.36. The summed E-state index contributed by atoms with van der Waals surface area (Å²) >= 11 is 4.17. The second-order valence-corrected chi connectivity index (χ2v) is 21.9. The lowest BCUT2D eigenvalue weighted by atomic mass is 10.4. The Bertz CT molecular complexity index is 1420. The average molecular weight is 633 g/mol. The first kappa shape index (κ1) is 29.4. The van der Waals surface area contributed by atoms with E-state index in [1.165, 1.54) is 31.0 Å². The van der Waals surface area contributed by atoms with Gasteiger partial charge < -0.3 is 0 Å². The maximum atomic E-state index is 2.36. The molecule has 0 aromatic heterocycles. The Morgan fingerprint density at radius 1 is 0.310 bits per heavy atom. The van der Waals surface area contributed by atoms with E-state index in [0.717, 1.165) is 0 Å². The molecule has 0 fully saturated rings. The normalized spacial score (nSPS) is 11.4. The van der Waals surface area contributed by atoms with Gasteiger partial charge in [0.2, 0.25) is 0 Å². The fourth-order valence-electron chi connectivity index (χ4n) is 4.77. The summed E-state index contributed by atoms with van der Waals surface area (Å²) in [5.41, 5.74) is 0. The molecule has 0 saturated carbocycles. The molecule has 0 saturated heterocycles. The van der Waals surface area contributed by atoms with Crippen molar-refractivity contribution in [2.24, 2.45) is 0 Å². The van der Waals surface area contributed by atoms with Crippen LogP contribution in [0.25, 0.3) is 0 Å². The summed E-state index contributed by atoms with van der Waals surface area (Å²) in [6.45, 7) is 0. The summed E-state index contributed by atoms with van der Waals surface area (Å²) < 4.78 is 0. The third-order valence-corrected chi connectivity index (χ3v) is 23.7. The Morgan fingerprint density at radius 3 is 0.810 bits per heavy atom. The predicted octanol–water partition coefficient (Wildman–Crippen LogP) is 10.4. The number of benzene rings is 6. The van der Waals surface area contributed by atoms with Gasteiger partial charge in [-0.1, -0.05) is 180 Å². The quantitative estimate of drug-likeness (QED) is 0.130. The predicted molar refractivity (Wildman–Crippen MR) is 193 cm³/mol. The van der Waals surface area contributed by atoms with Gasteiger partial charge in [-0.2, -0.15) is 0 Å². The lowest BCUT2D eigenvalue weighted by Crippen LogP contribution is -2.26. The first-order valence-corrected chi connectivity index (χ1v) is 21.0. The zero-order valence-corrected chi connectivity index (χ0v) is 27.4. The molecule has 0 amide bonds. The molecule has 0 atom stereocenters. The molecule has 0 N–H and O–H groups in total. The van der Waals surface area contributed by atoms with E-state index < -0.39 is 22.2 Å². The molecular formula is C37H31P3S2. The highest BCUT2D eigenvalue weighted by molar-refractivity contribution is 8.89. The van der Waals surface area contributed by atoms with Gasteiger partial charge in [-0.15, -0.1) is 0 Å². The molecule has 6 rings (SSSR count). The summed E-state index contributed by atoms with van der Waals surface area (Å²) in [6.07, 6.45) is -0.659. The van der Waals surface area contributed by atoms with E-state index in [2.05, 4.69) is 205 Å². The van der Waals surface area contributed by atoms with Gasteiger partial charge in [0.15, 0.2) is 0 Å². The number of hydrogen-bond donors (Lipinski definition) is 0. The molecule has 0 radical (unpaired) electrons. The van der Waals surface area contributed by atoms with Crippen molar-refractivity contribution in [3.05, 3.63) is 182 Å².